The van der Waals surface area contributed by atoms with Crippen molar-refractivity contribution in [1.29, 1.82) is 0 Å². The summed E-state index contributed by atoms with van der Waals surface area (Å²) in [7, 11) is 3.76. The van der Waals surface area contributed by atoms with Crippen LogP contribution >= 0.6 is 0 Å². The number of carboxylic acids is 1. The van der Waals surface area contributed by atoms with E-state index < -0.39 is 23.1 Å². The van der Waals surface area contributed by atoms with Gasteiger partial charge >= 0.3 is 5.97 Å². The topological polar surface area (TPSA) is 138 Å². The Labute approximate surface area is 215 Å². The van der Waals surface area contributed by atoms with Gasteiger partial charge in [0.05, 0.1) is 31.7 Å². The van der Waals surface area contributed by atoms with E-state index >= 15 is 0 Å². The number of nitrogens with one attached hydrogen (secondary N) is 2. The van der Waals surface area contributed by atoms with Crippen LogP contribution in [-0.4, -0.2) is 110 Å². The molecule has 0 aromatic heterocycles. The molecule has 0 bridgehead atoms. The molecular weight excluding hydrogens is 468 g/mol. The van der Waals surface area contributed by atoms with Crippen LogP contribution in [0.1, 0.15) is 59.8 Å². The minimum absolute atomic E-state index is 0.00539. The van der Waals surface area contributed by atoms with Crippen molar-refractivity contribution in [3.8, 4) is 0 Å². The van der Waals surface area contributed by atoms with Crippen molar-refractivity contribution < 1.29 is 33.8 Å². The Balaban J connectivity index is 2.60. The Morgan fingerprint density at radius 1 is 1.06 bits per heavy atom. The van der Waals surface area contributed by atoms with Crippen LogP contribution in [0.15, 0.2) is 0 Å². The number of amides is 3. The molecule has 0 radical (unpaired) electrons. The molecule has 0 unspecified atom stereocenters. The molecule has 1 aliphatic heterocycles. The predicted molar refractivity (Wildman–Crippen MR) is 135 cm³/mol. The Morgan fingerprint density at radius 3 is 2.31 bits per heavy atom. The predicted octanol–water partition coefficient (Wildman–Crippen LogP) is 0.864. The molecule has 0 saturated carbocycles. The molecule has 0 aliphatic carbocycles. The quantitative estimate of drug-likeness (QED) is 0.245. The number of hydrogen-bond acceptors (Lipinski definition) is 7. The van der Waals surface area contributed by atoms with Gasteiger partial charge < -0.3 is 35.0 Å². The number of carbonyl (C=O) groups is 4. The zero-order valence-electron chi connectivity index (χ0n) is 22.9. The van der Waals surface area contributed by atoms with E-state index in [1.54, 1.807) is 4.90 Å². The van der Waals surface area contributed by atoms with Crippen LogP contribution < -0.4 is 10.6 Å². The van der Waals surface area contributed by atoms with Crippen molar-refractivity contribution in [3.05, 3.63) is 0 Å². The first-order chi connectivity index (χ1) is 16.7. The van der Waals surface area contributed by atoms with E-state index in [-0.39, 0.29) is 51.0 Å². The molecule has 1 aliphatic rings. The molecule has 1 rings (SSSR count). The molecule has 0 atom stereocenters. The lowest BCUT2D eigenvalue weighted by atomic mass is 9.92. The fourth-order valence-corrected chi connectivity index (χ4v) is 3.54. The number of aliphatic carboxylic acids is 1. The second-order valence-corrected chi connectivity index (χ2v) is 10.8. The zero-order valence-corrected chi connectivity index (χ0v) is 22.9. The number of nitrogens with zero attached hydrogens (tertiary/aromatic N) is 2. The molecule has 1 fully saturated rings. The summed E-state index contributed by atoms with van der Waals surface area (Å²) in [4.78, 5) is 51.3. The largest absolute Gasteiger partial charge is 0.481 e. The highest BCUT2D eigenvalue weighted by Gasteiger charge is 2.47. The highest BCUT2D eigenvalue weighted by molar-refractivity contribution is 5.79. The zero-order chi connectivity index (χ0) is 27.4. The van der Waals surface area contributed by atoms with E-state index in [0.29, 0.717) is 38.3 Å². The molecule has 0 aromatic rings. The molecule has 1 saturated heterocycles. The van der Waals surface area contributed by atoms with Gasteiger partial charge in [0.25, 0.3) is 0 Å². The highest BCUT2D eigenvalue weighted by Crippen LogP contribution is 2.27. The lowest BCUT2D eigenvalue weighted by Crippen LogP contribution is -2.69. The summed E-state index contributed by atoms with van der Waals surface area (Å²) >= 11 is 0. The van der Waals surface area contributed by atoms with Crippen LogP contribution in [0.3, 0.4) is 0 Å². The lowest BCUT2D eigenvalue weighted by Gasteiger charge is -2.49. The second-order valence-electron chi connectivity index (χ2n) is 10.8. The Kier molecular flexibility index (Phi) is 13.3. The highest BCUT2D eigenvalue weighted by atomic mass is 16.5. The Hall–Kier alpha value is -2.24. The number of carboxylic acid groups (broad SMARTS) is 1. The molecule has 11 heteroatoms. The average Bonchev–Trinajstić information content (AvgIpc) is 2.74. The molecule has 11 nitrogen and oxygen atoms in total. The third-order valence-electron chi connectivity index (χ3n) is 6.00. The fraction of sp³-hybridized carbons (Fsp3) is 0.840. The third kappa shape index (κ3) is 13.2. The van der Waals surface area contributed by atoms with Crippen molar-refractivity contribution in [3.63, 3.8) is 0 Å². The minimum atomic E-state index is -1.00. The number of rotatable bonds is 18. The summed E-state index contributed by atoms with van der Waals surface area (Å²) in [6.07, 6.45) is 2.02. The SMILES string of the molecule is CC(C)CCOC(C)(C)CCC(=O)N1CC(CNC(=O)CCN(C)C)(OCC(=O)NCCC(=O)O)C1. The van der Waals surface area contributed by atoms with Gasteiger partial charge in [-0.05, 0) is 46.7 Å². The van der Waals surface area contributed by atoms with Gasteiger partial charge in [-0.2, -0.15) is 0 Å². The molecule has 208 valence electrons. The number of hydrogen-bond donors (Lipinski definition) is 3. The molecular formula is C25H46N4O7. The maximum Gasteiger partial charge on any atom is 0.305 e. The Morgan fingerprint density at radius 2 is 1.72 bits per heavy atom. The van der Waals surface area contributed by atoms with Crippen molar-refractivity contribution in [1.82, 2.24) is 20.4 Å². The van der Waals surface area contributed by atoms with Gasteiger partial charge in [0.1, 0.15) is 12.2 Å². The summed E-state index contributed by atoms with van der Waals surface area (Å²) in [5, 5.41) is 14.0. The van der Waals surface area contributed by atoms with Gasteiger partial charge in [0, 0.05) is 32.5 Å². The summed E-state index contributed by atoms with van der Waals surface area (Å²) < 4.78 is 11.8. The Bertz CT molecular complexity index is 734. The summed E-state index contributed by atoms with van der Waals surface area (Å²) in [5.41, 5.74) is -1.27. The van der Waals surface area contributed by atoms with Crippen LogP contribution in [0.25, 0.3) is 0 Å². The van der Waals surface area contributed by atoms with Crippen molar-refractivity contribution in [2.45, 2.75) is 71.0 Å². The molecule has 3 N–H and O–H groups in total. The van der Waals surface area contributed by atoms with Crippen LogP contribution in [0.2, 0.25) is 0 Å². The lowest BCUT2D eigenvalue weighted by molar-refractivity contribution is -0.172. The van der Waals surface area contributed by atoms with Crippen LogP contribution in [-0.2, 0) is 28.7 Å². The number of ether oxygens (including phenoxy) is 2. The first-order valence-electron chi connectivity index (χ1n) is 12.7. The van der Waals surface area contributed by atoms with E-state index in [1.807, 2.05) is 32.8 Å². The van der Waals surface area contributed by atoms with Gasteiger partial charge in [0.15, 0.2) is 0 Å². The van der Waals surface area contributed by atoms with E-state index in [4.69, 9.17) is 14.6 Å². The number of likely N-dealkylation sites (tertiary alicyclic amines) is 1. The van der Waals surface area contributed by atoms with E-state index in [1.165, 1.54) is 0 Å². The normalized spacial score (nSPS) is 15.1. The van der Waals surface area contributed by atoms with Gasteiger partial charge in [0.2, 0.25) is 17.7 Å². The summed E-state index contributed by atoms with van der Waals surface area (Å²) in [6.45, 7) is 9.92. The van der Waals surface area contributed by atoms with Gasteiger partial charge in [-0.3, -0.25) is 19.2 Å². The monoisotopic (exact) mass is 514 g/mol. The molecule has 36 heavy (non-hydrogen) atoms. The van der Waals surface area contributed by atoms with Crippen LogP contribution in [0, 0.1) is 5.92 Å². The van der Waals surface area contributed by atoms with Crippen LogP contribution in [0.4, 0.5) is 0 Å². The standard InChI is InChI=1S/C25H46N4O7/c1-19(2)10-14-35-24(3,4)11-7-22(32)29-17-25(18-29,16-27-20(30)9-13-28(5)6)36-15-21(31)26-12-8-23(33)34/h19H,7-18H2,1-6H3,(H,26,31)(H,27,30)(H,33,34). The van der Waals surface area contributed by atoms with Crippen molar-refractivity contribution in [2.24, 2.45) is 5.92 Å². The first kappa shape index (κ1) is 31.8. The molecule has 1 heterocycles. The van der Waals surface area contributed by atoms with Crippen molar-refractivity contribution in [2.75, 3.05) is 60.0 Å². The minimum Gasteiger partial charge on any atom is -0.481 e. The maximum absolute atomic E-state index is 12.8. The summed E-state index contributed by atoms with van der Waals surface area (Å²) in [5.74, 6) is -1.06. The third-order valence-corrected chi connectivity index (χ3v) is 6.00. The molecule has 0 spiro atoms. The van der Waals surface area contributed by atoms with Crippen LogP contribution in [0.5, 0.6) is 0 Å². The fourth-order valence-electron chi connectivity index (χ4n) is 3.54. The smallest absolute Gasteiger partial charge is 0.305 e. The van der Waals surface area contributed by atoms with Crippen molar-refractivity contribution >= 4 is 23.7 Å². The summed E-state index contributed by atoms with van der Waals surface area (Å²) in [6, 6.07) is 0. The molecule has 3 amide bonds. The van der Waals surface area contributed by atoms with E-state index in [9.17, 15) is 19.2 Å². The average molecular weight is 515 g/mol. The van der Waals surface area contributed by atoms with E-state index in [0.717, 1.165) is 6.42 Å². The number of carbonyl (C=O) groups excluding carboxylic acids is 3. The van der Waals surface area contributed by atoms with Gasteiger partial charge in [-0.15, -0.1) is 0 Å². The maximum atomic E-state index is 12.8. The second kappa shape index (κ2) is 15.1. The van der Waals surface area contributed by atoms with Gasteiger partial charge in [-0.25, -0.2) is 0 Å². The molecule has 0 aromatic carbocycles. The van der Waals surface area contributed by atoms with Gasteiger partial charge in [-0.1, -0.05) is 13.8 Å². The van der Waals surface area contributed by atoms with E-state index in [2.05, 4.69) is 24.5 Å². The first-order valence-corrected chi connectivity index (χ1v) is 12.7.